The molecular formula is C19H28N2O3S. The predicted molar refractivity (Wildman–Crippen MR) is 98.5 cm³/mol. The molecule has 1 aromatic rings. The van der Waals surface area contributed by atoms with Gasteiger partial charge in [0.1, 0.15) is 0 Å². The fraction of sp³-hybridized carbons (Fsp3) is 0.632. The summed E-state index contributed by atoms with van der Waals surface area (Å²) in [4.78, 5) is 15.3. The van der Waals surface area contributed by atoms with Crippen LogP contribution in [0.4, 0.5) is 0 Å². The monoisotopic (exact) mass is 364 g/mol. The van der Waals surface area contributed by atoms with Crippen molar-refractivity contribution >= 4 is 15.9 Å². The van der Waals surface area contributed by atoms with Crippen molar-refractivity contribution in [2.75, 3.05) is 19.3 Å². The van der Waals surface area contributed by atoms with E-state index in [0.29, 0.717) is 25.9 Å². The molecule has 1 amide bonds. The number of nitrogens with zero attached hydrogens (tertiary/aromatic N) is 2. The number of benzene rings is 1. The summed E-state index contributed by atoms with van der Waals surface area (Å²) >= 11 is 0. The topological polar surface area (TPSA) is 57.7 Å². The third kappa shape index (κ3) is 4.06. The smallest absolute Gasteiger partial charge is 0.226 e. The lowest BCUT2D eigenvalue weighted by Crippen LogP contribution is -2.49. The summed E-state index contributed by atoms with van der Waals surface area (Å²) in [6, 6.07) is 10.7. The molecule has 0 aromatic heterocycles. The van der Waals surface area contributed by atoms with Gasteiger partial charge in [-0.2, -0.15) is 0 Å². The zero-order chi connectivity index (χ0) is 18.0. The van der Waals surface area contributed by atoms with E-state index in [0.717, 1.165) is 19.3 Å². The van der Waals surface area contributed by atoms with Crippen molar-refractivity contribution in [1.82, 2.24) is 9.21 Å². The fourth-order valence-corrected chi connectivity index (χ4v) is 5.08. The van der Waals surface area contributed by atoms with E-state index in [-0.39, 0.29) is 23.9 Å². The number of hydrogen-bond acceptors (Lipinski definition) is 3. The quantitative estimate of drug-likeness (QED) is 0.829. The highest BCUT2D eigenvalue weighted by atomic mass is 32.2. The Kier molecular flexibility index (Phi) is 5.49. The molecule has 2 atom stereocenters. The van der Waals surface area contributed by atoms with Gasteiger partial charge in [-0.1, -0.05) is 30.3 Å². The molecule has 0 saturated carbocycles. The van der Waals surface area contributed by atoms with Gasteiger partial charge in [-0.05, 0) is 44.6 Å². The van der Waals surface area contributed by atoms with Crippen molar-refractivity contribution in [3.63, 3.8) is 0 Å². The Labute approximate surface area is 151 Å². The SMILES string of the molecule is C[C@H]1CCC[C@H](c2ccccc2)N1C(=O)C1CCN(S(C)(=O)=O)CC1. The molecule has 138 valence electrons. The van der Waals surface area contributed by atoms with Crippen LogP contribution in [0.5, 0.6) is 0 Å². The first kappa shape index (κ1) is 18.4. The standard InChI is InChI=1S/C19H28N2O3S/c1-15-7-6-10-18(16-8-4-3-5-9-16)21(15)19(22)17-11-13-20(14-12-17)25(2,23)24/h3-5,8-9,15,17-18H,6-7,10-14H2,1-2H3/t15-,18+/m0/s1. The molecule has 2 heterocycles. The van der Waals surface area contributed by atoms with Gasteiger partial charge in [-0.3, -0.25) is 4.79 Å². The molecule has 3 rings (SSSR count). The minimum Gasteiger partial charge on any atom is -0.333 e. The van der Waals surface area contributed by atoms with Gasteiger partial charge in [-0.25, -0.2) is 12.7 Å². The number of likely N-dealkylation sites (tertiary alicyclic amines) is 1. The minimum atomic E-state index is -3.16. The average molecular weight is 365 g/mol. The van der Waals surface area contributed by atoms with Crippen LogP contribution in [0.2, 0.25) is 0 Å². The van der Waals surface area contributed by atoms with E-state index >= 15 is 0 Å². The van der Waals surface area contributed by atoms with Gasteiger partial charge < -0.3 is 4.90 Å². The Morgan fingerprint density at radius 1 is 1.04 bits per heavy atom. The second kappa shape index (κ2) is 7.46. The van der Waals surface area contributed by atoms with Crippen LogP contribution in [0.3, 0.4) is 0 Å². The van der Waals surface area contributed by atoms with Crippen LogP contribution >= 0.6 is 0 Å². The maximum Gasteiger partial charge on any atom is 0.226 e. The summed E-state index contributed by atoms with van der Waals surface area (Å²) in [6.45, 7) is 3.04. The second-order valence-electron chi connectivity index (χ2n) is 7.39. The summed E-state index contributed by atoms with van der Waals surface area (Å²) in [5, 5.41) is 0. The number of carbonyl (C=O) groups excluding carboxylic acids is 1. The van der Waals surface area contributed by atoms with E-state index in [1.165, 1.54) is 16.1 Å². The fourth-order valence-electron chi connectivity index (χ4n) is 4.21. The molecule has 0 bridgehead atoms. The number of rotatable bonds is 3. The zero-order valence-corrected chi connectivity index (χ0v) is 15.9. The predicted octanol–water partition coefficient (Wildman–Crippen LogP) is 2.80. The normalized spacial score (nSPS) is 26.6. The number of carbonyl (C=O) groups is 1. The highest BCUT2D eigenvalue weighted by molar-refractivity contribution is 7.88. The molecule has 2 aliphatic heterocycles. The highest BCUT2D eigenvalue weighted by Gasteiger charge is 2.38. The lowest BCUT2D eigenvalue weighted by molar-refractivity contribution is -0.143. The lowest BCUT2D eigenvalue weighted by atomic mass is 9.88. The van der Waals surface area contributed by atoms with E-state index in [1.54, 1.807) is 0 Å². The maximum absolute atomic E-state index is 13.3. The van der Waals surface area contributed by atoms with Gasteiger partial charge in [0.05, 0.1) is 12.3 Å². The van der Waals surface area contributed by atoms with Gasteiger partial charge in [-0.15, -0.1) is 0 Å². The molecule has 1 aromatic carbocycles. The third-order valence-electron chi connectivity index (χ3n) is 5.62. The summed E-state index contributed by atoms with van der Waals surface area (Å²) in [7, 11) is -3.16. The number of amides is 1. The first-order chi connectivity index (χ1) is 11.9. The van der Waals surface area contributed by atoms with Crippen molar-refractivity contribution < 1.29 is 13.2 Å². The molecule has 0 unspecified atom stereocenters. The molecule has 2 saturated heterocycles. The summed E-state index contributed by atoms with van der Waals surface area (Å²) in [6.07, 6.45) is 5.66. The Hall–Kier alpha value is -1.40. The van der Waals surface area contributed by atoms with Crippen molar-refractivity contribution in [3.05, 3.63) is 35.9 Å². The highest BCUT2D eigenvalue weighted by Crippen LogP contribution is 2.36. The van der Waals surface area contributed by atoms with Crippen LogP contribution in [0.1, 0.15) is 50.6 Å². The number of hydrogen-bond donors (Lipinski definition) is 0. The molecular weight excluding hydrogens is 336 g/mol. The molecule has 0 aliphatic carbocycles. The molecule has 6 heteroatoms. The van der Waals surface area contributed by atoms with Gasteiger partial charge >= 0.3 is 0 Å². The summed E-state index contributed by atoms with van der Waals surface area (Å²) < 4.78 is 24.9. The Morgan fingerprint density at radius 2 is 1.68 bits per heavy atom. The molecule has 0 N–H and O–H groups in total. The number of piperidine rings is 2. The summed E-state index contributed by atoms with van der Waals surface area (Å²) in [5.41, 5.74) is 1.20. The van der Waals surface area contributed by atoms with Crippen molar-refractivity contribution in [2.24, 2.45) is 5.92 Å². The van der Waals surface area contributed by atoms with Crippen molar-refractivity contribution in [3.8, 4) is 0 Å². The van der Waals surface area contributed by atoms with E-state index < -0.39 is 10.0 Å². The average Bonchev–Trinajstić information content (AvgIpc) is 2.61. The van der Waals surface area contributed by atoms with Gasteiger partial charge in [0, 0.05) is 25.0 Å². The molecule has 2 fully saturated rings. The van der Waals surface area contributed by atoms with Gasteiger partial charge in [0.2, 0.25) is 15.9 Å². The third-order valence-corrected chi connectivity index (χ3v) is 6.92. The largest absolute Gasteiger partial charge is 0.333 e. The second-order valence-corrected chi connectivity index (χ2v) is 9.37. The summed E-state index contributed by atoms with van der Waals surface area (Å²) in [5.74, 6) is 0.138. The first-order valence-electron chi connectivity index (χ1n) is 9.20. The zero-order valence-electron chi connectivity index (χ0n) is 15.1. The van der Waals surface area contributed by atoms with Crippen LogP contribution in [-0.4, -0.2) is 48.9 Å². The van der Waals surface area contributed by atoms with Crippen molar-refractivity contribution in [2.45, 2.75) is 51.1 Å². The number of sulfonamides is 1. The maximum atomic E-state index is 13.3. The van der Waals surface area contributed by atoms with Crippen molar-refractivity contribution in [1.29, 1.82) is 0 Å². The molecule has 5 nitrogen and oxygen atoms in total. The van der Waals surface area contributed by atoms with E-state index in [9.17, 15) is 13.2 Å². The van der Waals surface area contributed by atoms with Crippen LogP contribution in [-0.2, 0) is 14.8 Å². The van der Waals surface area contributed by atoms with Crippen LogP contribution in [0, 0.1) is 5.92 Å². The van der Waals surface area contributed by atoms with Crippen LogP contribution in [0.15, 0.2) is 30.3 Å². The molecule has 0 radical (unpaired) electrons. The molecule has 25 heavy (non-hydrogen) atoms. The Morgan fingerprint density at radius 3 is 2.28 bits per heavy atom. The Bertz CT molecular complexity index is 697. The van der Waals surface area contributed by atoms with E-state index in [4.69, 9.17) is 0 Å². The van der Waals surface area contributed by atoms with Gasteiger partial charge in [0.15, 0.2) is 0 Å². The first-order valence-corrected chi connectivity index (χ1v) is 11.0. The molecule has 0 spiro atoms. The van der Waals surface area contributed by atoms with Gasteiger partial charge in [0.25, 0.3) is 0 Å². The van der Waals surface area contributed by atoms with Crippen LogP contribution < -0.4 is 0 Å². The molecule has 2 aliphatic rings. The van der Waals surface area contributed by atoms with E-state index in [2.05, 4.69) is 24.0 Å². The lowest BCUT2D eigenvalue weighted by Gasteiger charge is -2.43. The minimum absolute atomic E-state index is 0.0650. The van der Waals surface area contributed by atoms with Crippen LogP contribution in [0.25, 0.3) is 0 Å². The van der Waals surface area contributed by atoms with E-state index in [1.807, 2.05) is 18.2 Å². The Balaban J connectivity index is 1.75.